The van der Waals surface area contributed by atoms with E-state index in [9.17, 15) is 4.79 Å². The molecule has 0 aliphatic carbocycles. The van der Waals surface area contributed by atoms with Crippen molar-refractivity contribution in [3.8, 4) is 5.75 Å². The van der Waals surface area contributed by atoms with Gasteiger partial charge in [0.05, 0.1) is 0 Å². The molecular weight excluding hydrogens is 216 g/mol. The molecule has 3 nitrogen and oxygen atoms in total. The normalized spacial score (nSPS) is 12.2. The summed E-state index contributed by atoms with van der Waals surface area (Å²) in [7, 11) is 0. The van der Waals surface area contributed by atoms with Gasteiger partial charge < -0.3 is 9.47 Å². The van der Waals surface area contributed by atoms with Crippen LogP contribution in [0.5, 0.6) is 5.75 Å². The third-order valence-corrected chi connectivity index (χ3v) is 2.47. The summed E-state index contributed by atoms with van der Waals surface area (Å²) in [5, 5.41) is 0. The van der Waals surface area contributed by atoms with Gasteiger partial charge in [0, 0.05) is 6.42 Å². The van der Waals surface area contributed by atoms with Gasteiger partial charge in [0.15, 0.2) is 0 Å². The number of hydrogen-bond donors (Lipinski definition) is 0. The van der Waals surface area contributed by atoms with Crippen LogP contribution < -0.4 is 4.74 Å². The summed E-state index contributed by atoms with van der Waals surface area (Å²) in [6, 6.07) is 9.58. The Bertz CT molecular complexity index is 333. The first-order chi connectivity index (χ1) is 8.13. The van der Waals surface area contributed by atoms with Crippen LogP contribution in [0.1, 0.15) is 27.2 Å². The van der Waals surface area contributed by atoms with Gasteiger partial charge in [-0.25, -0.2) is 0 Å². The van der Waals surface area contributed by atoms with E-state index in [1.54, 1.807) is 6.92 Å². The highest BCUT2D eigenvalue weighted by Gasteiger charge is 2.17. The number of ether oxygens (including phenoxy) is 2. The number of carbonyl (C=O) groups excluding carboxylic acids is 1. The number of carbonyl (C=O) groups is 1. The van der Waals surface area contributed by atoms with Gasteiger partial charge in [0.1, 0.15) is 18.5 Å². The fourth-order valence-corrected chi connectivity index (χ4v) is 1.31. The van der Waals surface area contributed by atoms with Crippen molar-refractivity contribution in [1.82, 2.24) is 0 Å². The quantitative estimate of drug-likeness (QED) is 0.712. The minimum absolute atomic E-state index is 0.104. The first kappa shape index (κ1) is 13.6. The summed E-state index contributed by atoms with van der Waals surface area (Å²) in [6.07, 6.45) is 0.295. The van der Waals surface area contributed by atoms with Crippen molar-refractivity contribution in [2.24, 2.45) is 5.92 Å². The monoisotopic (exact) mass is 236 g/mol. The molecule has 0 aromatic heterocycles. The summed E-state index contributed by atoms with van der Waals surface area (Å²) in [5.41, 5.74) is 0. The van der Waals surface area contributed by atoms with Gasteiger partial charge in [0.2, 0.25) is 0 Å². The molecule has 0 fully saturated rings. The summed E-state index contributed by atoms with van der Waals surface area (Å²) in [4.78, 5) is 11.1. The Morgan fingerprint density at radius 3 is 2.41 bits per heavy atom. The van der Waals surface area contributed by atoms with E-state index >= 15 is 0 Å². The fourth-order valence-electron chi connectivity index (χ4n) is 1.31. The molecule has 1 aromatic rings. The minimum Gasteiger partial charge on any atom is -0.487 e. The Morgan fingerprint density at radius 1 is 1.24 bits per heavy atom. The number of esters is 1. The van der Waals surface area contributed by atoms with Crippen LogP contribution in [0.2, 0.25) is 0 Å². The second-order valence-corrected chi connectivity index (χ2v) is 4.25. The average molecular weight is 236 g/mol. The van der Waals surface area contributed by atoms with E-state index in [1.165, 1.54) is 0 Å². The number of rotatable bonds is 6. The van der Waals surface area contributed by atoms with Crippen LogP contribution in [-0.2, 0) is 9.53 Å². The SMILES string of the molecule is CCC(=O)OCC(Oc1ccccc1)C(C)C. The summed E-state index contributed by atoms with van der Waals surface area (Å²) < 4.78 is 10.9. The fraction of sp³-hybridized carbons (Fsp3) is 0.500. The van der Waals surface area contributed by atoms with Gasteiger partial charge in [-0.2, -0.15) is 0 Å². The zero-order chi connectivity index (χ0) is 12.7. The second-order valence-electron chi connectivity index (χ2n) is 4.25. The first-order valence-corrected chi connectivity index (χ1v) is 6.00. The molecule has 0 aliphatic heterocycles. The van der Waals surface area contributed by atoms with E-state index in [-0.39, 0.29) is 12.1 Å². The van der Waals surface area contributed by atoms with Crippen molar-refractivity contribution < 1.29 is 14.3 Å². The van der Waals surface area contributed by atoms with Crippen LogP contribution in [0, 0.1) is 5.92 Å². The third-order valence-electron chi connectivity index (χ3n) is 2.47. The summed E-state index contributed by atoms with van der Waals surface area (Å²) in [5.74, 6) is 0.908. The molecule has 0 saturated heterocycles. The van der Waals surface area contributed by atoms with Gasteiger partial charge in [-0.3, -0.25) is 4.79 Å². The van der Waals surface area contributed by atoms with E-state index in [0.29, 0.717) is 18.9 Å². The van der Waals surface area contributed by atoms with Gasteiger partial charge in [0.25, 0.3) is 0 Å². The number of benzene rings is 1. The number of para-hydroxylation sites is 1. The van der Waals surface area contributed by atoms with Crippen molar-refractivity contribution >= 4 is 5.97 Å². The van der Waals surface area contributed by atoms with Crippen molar-refractivity contribution in [2.45, 2.75) is 33.3 Å². The predicted molar refractivity (Wildman–Crippen MR) is 66.9 cm³/mol. The van der Waals surface area contributed by atoms with Crippen LogP contribution in [0.4, 0.5) is 0 Å². The average Bonchev–Trinajstić information content (AvgIpc) is 2.34. The largest absolute Gasteiger partial charge is 0.487 e. The highest BCUT2D eigenvalue weighted by Crippen LogP contribution is 2.15. The molecule has 1 aromatic carbocycles. The van der Waals surface area contributed by atoms with E-state index in [4.69, 9.17) is 9.47 Å². The molecule has 0 radical (unpaired) electrons. The van der Waals surface area contributed by atoms with E-state index in [1.807, 2.05) is 44.2 Å². The van der Waals surface area contributed by atoms with Crippen LogP contribution in [0.25, 0.3) is 0 Å². The van der Waals surface area contributed by atoms with Crippen molar-refractivity contribution in [3.63, 3.8) is 0 Å². The molecule has 0 spiro atoms. The molecule has 0 heterocycles. The number of hydrogen-bond acceptors (Lipinski definition) is 3. The summed E-state index contributed by atoms with van der Waals surface area (Å²) in [6.45, 7) is 6.19. The van der Waals surface area contributed by atoms with Gasteiger partial charge in [-0.1, -0.05) is 39.0 Å². The van der Waals surface area contributed by atoms with E-state index in [0.717, 1.165) is 5.75 Å². The predicted octanol–water partition coefficient (Wildman–Crippen LogP) is 3.04. The standard InChI is InChI=1S/C14H20O3/c1-4-14(15)16-10-13(11(2)3)17-12-8-6-5-7-9-12/h5-9,11,13H,4,10H2,1-3H3. The van der Waals surface area contributed by atoms with E-state index < -0.39 is 0 Å². The first-order valence-electron chi connectivity index (χ1n) is 6.00. The zero-order valence-electron chi connectivity index (χ0n) is 10.7. The molecule has 0 bridgehead atoms. The van der Waals surface area contributed by atoms with Crippen LogP contribution >= 0.6 is 0 Å². The maximum absolute atomic E-state index is 11.1. The van der Waals surface area contributed by atoms with Crippen LogP contribution in [0.15, 0.2) is 30.3 Å². The topological polar surface area (TPSA) is 35.5 Å². The molecule has 0 amide bonds. The van der Waals surface area contributed by atoms with Gasteiger partial charge in [-0.05, 0) is 18.1 Å². The molecular formula is C14H20O3. The smallest absolute Gasteiger partial charge is 0.305 e. The lowest BCUT2D eigenvalue weighted by Gasteiger charge is -2.22. The lowest BCUT2D eigenvalue weighted by atomic mass is 10.1. The van der Waals surface area contributed by atoms with Gasteiger partial charge in [-0.15, -0.1) is 0 Å². The van der Waals surface area contributed by atoms with Crippen molar-refractivity contribution in [2.75, 3.05) is 6.61 Å². The van der Waals surface area contributed by atoms with Gasteiger partial charge >= 0.3 is 5.97 Å². The molecule has 1 rings (SSSR count). The summed E-state index contributed by atoms with van der Waals surface area (Å²) >= 11 is 0. The Labute approximate surface area is 103 Å². The second kappa shape index (κ2) is 6.94. The molecule has 1 unspecified atom stereocenters. The Balaban J connectivity index is 2.52. The van der Waals surface area contributed by atoms with E-state index in [2.05, 4.69) is 0 Å². The zero-order valence-corrected chi connectivity index (χ0v) is 10.7. The maximum Gasteiger partial charge on any atom is 0.305 e. The maximum atomic E-state index is 11.1. The molecule has 0 N–H and O–H groups in total. The molecule has 3 heteroatoms. The Kier molecular flexibility index (Phi) is 5.53. The highest BCUT2D eigenvalue weighted by molar-refractivity contribution is 5.68. The van der Waals surface area contributed by atoms with Crippen LogP contribution in [-0.4, -0.2) is 18.7 Å². The minimum atomic E-state index is -0.188. The Hall–Kier alpha value is -1.51. The van der Waals surface area contributed by atoms with Crippen molar-refractivity contribution in [3.05, 3.63) is 30.3 Å². The highest BCUT2D eigenvalue weighted by atomic mass is 16.6. The third kappa shape index (κ3) is 4.89. The van der Waals surface area contributed by atoms with Crippen LogP contribution in [0.3, 0.4) is 0 Å². The van der Waals surface area contributed by atoms with Crippen molar-refractivity contribution in [1.29, 1.82) is 0 Å². The molecule has 94 valence electrons. The Morgan fingerprint density at radius 2 is 1.88 bits per heavy atom. The molecule has 1 atom stereocenters. The molecule has 17 heavy (non-hydrogen) atoms. The lowest BCUT2D eigenvalue weighted by molar-refractivity contribution is -0.146. The molecule has 0 saturated carbocycles. The molecule has 0 aliphatic rings. The lowest BCUT2D eigenvalue weighted by Crippen LogP contribution is -2.30.